The van der Waals surface area contributed by atoms with Crippen LogP contribution < -0.4 is 10.1 Å². The molecular weight excluding hydrogens is 238 g/mol. The number of nitrogens with one attached hydrogen (secondary N) is 1. The van der Waals surface area contributed by atoms with Gasteiger partial charge in [-0.05, 0) is 24.3 Å². The molecule has 3 nitrogen and oxygen atoms in total. The van der Waals surface area contributed by atoms with Crippen LogP contribution in [0, 0.1) is 5.41 Å². The average molecular weight is 263 g/mol. The van der Waals surface area contributed by atoms with E-state index in [4.69, 9.17) is 4.74 Å². The lowest BCUT2D eigenvalue weighted by Gasteiger charge is -2.33. The average Bonchev–Trinajstić information content (AvgIpc) is 2.41. The van der Waals surface area contributed by atoms with Crippen LogP contribution in [0.3, 0.4) is 0 Å². The smallest absolute Gasteiger partial charge is 0.123 e. The molecule has 2 rings (SSSR count). The van der Waals surface area contributed by atoms with Gasteiger partial charge in [-0.15, -0.1) is 0 Å². The van der Waals surface area contributed by atoms with Crippen molar-refractivity contribution in [3.05, 3.63) is 23.8 Å². The lowest BCUT2D eigenvalue weighted by atomic mass is 9.76. The molecule has 1 aliphatic rings. The van der Waals surface area contributed by atoms with E-state index in [1.807, 2.05) is 12.1 Å². The highest BCUT2D eigenvalue weighted by atomic mass is 16.5. The van der Waals surface area contributed by atoms with E-state index in [9.17, 15) is 5.11 Å². The summed E-state index contributed by atoms with van der Waals surface area (Å²) in [7, 11) is 1.61. The molecule has 0 radical (unpaired) electrons. The Bertz CT molecular complexity index is 411. The molecule has 106 valence electrons. The number of hydrogen-bond acceptors (Lipinski definition) is 3. The molecule has 0 spiro atoms. The standard InChI is InChI=1S/C16H25NO2/c1-16(8-4-3-5-9-16)12-17-11-13-6-7-14(19-2)10-15(13)18/h6-7,10,17-18H,3-5,8-9,11-12H2,1-2H3. The Morgan fingerprint density at radius 2 is 2.00 bits per heavy atom. The summed E-state index contributed by atoms with van der Waals surface area (Å²) in [5, 5.41) is 13.4. The van der Waals surface area contributed by atoms with Gasteiger partial charge in [0.2, 0.25) is 0 Å². The minimum atomic E-state index is 0.306. The van der Waals surface area contributed by atoms with Gasteiger partial charge in [-0.3, -0.25) is 0 Å². The number of benzene rings is 1. The number of ether oxygens (including phenoxy) is 1. The van der Waals surface area contributed by atoms with Crippen LogP contribution in [0.5, 0.6) is 11.5 Å². The molecule has 3 heteroatoms. The number of hydrogen-bond donors (Lipinski definition) is 2. The van der Waals surface area contributed by atoms with Gasteiger partial charge in [0, 0.05) is 24.7 Å². The molecule has 0 aliphatic heterocycles. The number of phenolic OH excluding ortho intramolecular Hbond substituents is 1. The van der Waals surface area contributed by atoms with E-state index in [1.54, 1.807) is 13.2 Å². The summed E-state index contributed by atoms with van der Waals surface area (Å²) >= 11 is 0. The summed E-state index contributed by atoms with van der Waals surface area (Å²) < 4.78 is 5.09. The highest BCUT2D eigenvalue weighted by Gasteiger charge is 2.26. The zero-order valence-electron chi connectivity index (χ0n) is 12.0. The van der Waals surface area contributed by atoms with Crippen LogP contribution >= 0.6 is 0 Å². The van der Waals surface area contributed by atoms with Crippen molar-refractivity contribution in [2.45, 2.75) is 45.6 Å². The number of methoxy groups -OCH3 is 1. The Morgan fingerprint density at radius 1 is 1.26 bits per heavy atom. The maximum atomic E-state index is 9.90. The normalized spacial score (nSPS) is 18.2. The summed E-state index contributed by atoms with van der Waals surface area (Å²) in [6.45, 7) is 4.11. The lowest BCUT2D eigenvalue weighted by Crippen LogP contribution is -2.33. The Kier molecular flexibility index (Phi) is 4.70. The van der Waals surface area contributed by atoms with Gasteiger partial charge in [0.1, 0.15) is 11.5 Å². The van der Waals surface area contributed by atoms with Crippen LogP contribution in [-0.2, 0) is 6.54 Å². The summed E-state index contributed by atoms with van der Waals surface area (Å²) in [4.78, 5) is 0. The Balaban J connectivity index is 1.85. The van der Waals surface area contributed by atoms with E-state index in [0.29, 0.717) is 23.5 Å². The van der Waals surface area contributed by atoms with Crippen LogP contribution in [0.1, 0.15) is 44.6 Å². The third-order valence-corrected chi connectivity index (χ3v) is 4.22. The summed E-state index contributed by atoms with van der Waals surface area (Å²) in [5.41, 5.74) is 1.36. The SMILES string of the molecule is COc1ccc(CNCC2(C)CCCCC2)c(O)c1. The van der Waals surface area contributed by atoms with Gasteiger partial charge < -0.3 is 15.2 Å². The summed E-state index contributed by atoms with van der Waals surface area (Å²) in [5.74, 6) is 1.00. The number of phenols is 1. The molecule has 1 saturated carbocycles. The fourth-order valence-corrected chi connectivity index (χ4v) is 2.90. The number of rotatable bonds is 5. The first-order valence-electron chi connectivity index (χ1n) is 7.20. The first-order valence-corrected chi connectivity index (χ1v) is 7.20. The number of aromatic hydroxyl groups is 1. The molecule has 1 fully saturated rings. The van der Waals surface area contributed by atoms with Crippen LogP contribution in [0.4, 0.5) is 0 Å². The van der Waals surface area contributed by atoms with Crippen molar-refractivity contribution in [1.82, 2.24) is 5.32 Å². The zero-order chi connectivity index (χ0) is 13.7. The highest BCUT2D eigenvalue weighted by Crippen LogP contribution is 2.35. The molecular formula is C16H25NO2. The Labute approximate surface area is 116 Å². The third kappa shape index (κ3) is 3.87. The molecule has 0 heterocycles. The minimum Gasteiger partial charge on any atom is -0.507 e. The maximum Gasteiger partial charge on any atom is 0.123 e. The monoisotopic (exact) mass is 263 g/mol. The van der Waals surface area contributed by atoms with E-state index in [2.05, 4.69) is 12.2 Å². The van der Waals surface area contributed by atoms with E-state index in [-0.39, 0.29) is 0 Å². The second-order valence-electron chi connectivity index (χ2n) is 5.97. The topological polar surface area (TPSA) is 41.5 Å². The van der Waals surface area contributed by atoms with Crippen LogP contribution in [0.15, 0.2) is 18.2 Å². The molecule has 2 N–H and O–H groups in total. The first-order chi connectivity index (χ1) is 9.13. The highest BCUT2D eigenvalue weighted by molar-refractivity contribution is 5.39. The molecule has 1 aromatic rings. The largest absolute Gasteiger partial charge is 0.507 e. The quantitative estimate of drug-likeness (QED) is 0.855. The van der Waals surface area contributed by atoms with E-state index in [1.165, 1.54) is 32.1 Å². The fraction of sp³-hybridized carbons (Fsp3) is 0.625. The van der Waals surface area contributed by atoms with Crippen LogP contribution in [0.25, 0.3) is 0 Å². The Morgan fingerprint density at radius 3 is 2.63 bits per heavy atom. The fourth-order valence-electron chi connectivity index (χ4n) is 2.90. The molecule has 0 unspecified atom stereocenters. The second-order valence-corrected chi connectivity index (χ2v) is 5.97. The van der Waals surface area contributed by atoms with Gasteiger partial charge in [-0.25, -0.2) is 0 Å². The van der Waals surface area contributed by atoms with Crippen molar-refractivity contribution in [3.8, 4) is 11.5 Å². The van der Waals surface area contributed by atoms with E-state index in [0.717, 1.165) is 12.1 Å². The van der Waals surface area contributed by atoms with E-state index < -0.39 is 0 Å². The second kappa shape index (κ2) is 6.29. The predicted octanol–water partition coefficient (Wildman–Crippen LogP) is 3.46. The molecule has 19 heavy (non-hydrogen) atoms. The van der Waals surface area contributed by atoms with Crippen molar-refractivity contribution in [1.29, 1.82) is 0 Å². The third-order valence-electron chi connectivity index (χ3n) is 4.22. The molecule has 0 aromatic heterocycles. The maximum absolute atomic E-state index is 9.90. The van der Waals surface area contributed by atoms with Crippen molar-refractivity contribution >= 4 is 0 Å². The first kappa shape index (κ1) is 14.2. The molecule has 0 saturated heterocycles. The van der Waals surface area contributed by atoms with Gasteiger partial charge in [-0.2, -0.15) is 0 Å². The predicted molar refractivity (Wildman–Crippen MR) is 77.6 cm³/mol. The van der Waals surface area contributed by atoms with Crippen molar-refractivity contribution < 1.29 is 9.84 Å². The molecule has 0 bridgehead atoms. The van der Waals surface area contributed by atoms with Crippen LogP contribution in [0.2, 0.25) is 0 Å². The molecule has 0 amide bonds. The molecule has 0 atom stereocenters. The zero-order valence-corrected chi connectivity index (χ0v) is 12.0. The van der Waals surface area contributed by atoms with Crippen LogP contribution in [-0.4, -0.2) is 18.8 Å². The lowest BCUT2D eigenvalue weighted by molar-refractivity contribution is 0.207. The van der Waals surface area contributed by atoms with E-state index >= 15 is 0 Å². The molecule has 1 aliphatic carbocycles. The minimum absolute atomic E-state index is 0.306. The van der Waals surface area contributed by atoms with Crippen molar-refractivity contribution in [2.24, 2.45) is 5.41 Å². The molecule has 1 aromatic carbocycles. The Hall–Kier alpha value is -1.22. The van der Waals surface area contributed by atoms with Gasteiger partial charge in [0.25, 0.3) is 0 Å². The van der Waals surface area contributed by atoms with Gasteiger partial charge in [-0.1, -0.05) is 32.3 Å². The van der Waals surface area contributed by atoms with Crippen molar-refractivity contribution in [3.63, 3.8) is 0 Å². The van der Waals surface area contributed by atoms with Gasteiger partial charge in [0.05, 0.1) is 7.11 Å². The van der Waals surface area contributed by atoms with Gasteiger partial charge >= 0.3 is 0 Å². The van der Waals surface area contributed by atoms with Crippen molar-refractivity contribution in [2.75, 3.05) is 13.7 Å². The summed E-state index contributed by atoms with van der Waals surface area (Å²) in [6, 6.07) is 5.47. The van der Waals surface area contributed by atoms with Gasteiger partial charge in [0.15, 0.2) is 0 Å². The summed E-state index contributed by atoms with van der Waals surface area (Å²) in [6.07, 6.45) is 6.72.